The molecule has 0 radical (unpaired) electrons. The van der Waals surface area contributed by atoms with E-state index in [-0.39, 0.29) is 23.7 Å². The van der Waals surface area contributed by atoms with E-state index in [1.165, 1.54) is 0 Å². The molecule has 0 bridgehead atoms. The molecule has 0 saturated heterocycles. The Hall–Kier alpha value is -2.43. The van der Waals surface area contributed by atoms with Gasteiger partial charge in [0.2, 0.25) is 5.75 Å². The van der Waals surface area contributed by atoms with Crippen LogP contribution in [0.25, 0.3) is 10.9 Å². The van der Waals surface area contributed by atoms with Crippen molar-refractivity contribution in [1.29, 1.82) is 0 Å². The van der Waals surface area contributed by atoms with Crippen LogP contribution in [0.3, 0.4) is 0 Å². The van der Waals surface area contributed by atoms with Crippen LogP contribution in [0, 0.1) is 0 Å². The van der Waals surface area contributed by atoms with Gasteiger partial charge in [-0.05, 0) is 25.0 Å². The highest BCUT2D eigenvalue weighted by Gasteiger charge is 2.19. The molecule has 0 fully saturated rings. The van der Waals surface area contributed by atoms with Crippen molar-refractivity contribution in [3.63, 3.8) is 0 Å². The molecule has 0 atom stereocenters. The van der Waals surface area contributed by atoms with Gasteiger partial charge in [0.1, 0.15) is 12.4 Å². The molecule has 5 heteroatoms. The molecule has 1 aromatic carbocycles. The lowest BCUT2D eigenvalue weighted by molar-refractivity contribution is 0.276. The number of ether oxygens (including phenoxy) is 2. The maximum absolute atomic E-state index is 13.1. The molecule has 0 amide bonds. The number of aryl methyl sites for hydroxylation is 1. The van der Waals surface area contributed by atoms with Crippen LogP contribution < -0.4 is 15.0 Å². The molecule has 0 spiro atoms. The fourth-order valence-corrected chi connectivity index (χ4v) is 3.04. The Morgan fingerprint density at radius 3 is 2.56 bits per heavy atom. The number of benzene rings is 1. The van der Waals surface area contributed by atoms with Crippen LogP contribution in [-0.4, -0.2) is 22.9 Å². The van der Waals surface area contributed by atoms with Gasteiger partial charge in [0.15, 0.2) is 5.75 Å². The van der Waals surface area contributed by atoms with Gasteiger partial charge in [-0.2, -0.15) is 0 Å². The molecule has 2 aromatic rings. The summed E-state index contributed by atoms with van der Waals surface area (Å²) in [5, 5.41) is 10.7. The van der Waals surface area contributed by atoms with E-state index in [2.05, 4.69) is 20.4 Å². The SMILES string of the molecule is C=CCOc1c(OCCCCCC)c2ccc(O)cc2n(CCCC)c1=O. The Balaban J connectivity index is 2.51. The third kappa shape index (κ3) is 5.28. The average molecular weight is 373 g/mol. The highest BCUT2D eigenvalue weighted by atomic mass is 16.5. The number of fused-ring (bicyclic) bond motifs is 1. The van der Waals surface area contributed by atoms with Gasteiger partial charge < -0.3 is 19.1 Å². The molecule has 1 N–H and O–H groups in total. The van der Waals surface area contributed by atoms with Crippen molar-refractivity contribution in [2.75, 3.05) is 13.2 Å². The smallest absolute Gasteiger partial charge is 0.297 e. The zero-order valence-electron chi connectivity index (χ0n) is 16.5. The largest absolute Gasteiger partial charge is 0.508 e. The lowest BCUT2D eigenvalue weighted by Crippen LogP contribution is -2.24. The second kappa shape index (κ2) is 10.7. The molecule has 0 aliphatic carbocycles. The predicted octanol–water partition coefficient (Wildman–Crippen LogP) is 5.03. The zero-order valence-corrected chi connectivity index (χ0v) is 16.5. The van der Waals surface area contributed by atoms with Crippen molar-refractivity contribution in [1.82, 2.24) is 4.57 Å². The Morgan fingerprint density at radius 1 is 1.07 bits per heavy atom. The number of rotatable bonds is 12. The minimum atomic E-state index is -0.230. The van der Waals surface area contributed by atoms with Crippen LogP contribution in [0.4, 0.5) is 0 Å². The van der Waals surface area contributed by atoms with Crippen LogP contribution in [0.1, 0.15) is 52.4 Å². The highest BCUT2D eigenvalue weighted by molar-refractivity contribution is 5.89. The van der Waals surface area contributed by atoms with Gasteiger partial charge in [-0.15, -0.1) is 0 Å². The summed E-state index contributed by atoms with van der Waals surface area (Å²) < 4.78 is 13.4. The van der Waals surface area contributed by atoms with E-state index in [0.717, 1.165) is 43.9 Å². The molecule has 2 rings (SSSR count). The Bertz CT molecular complexity index is 810. The lowest BCUT2D eigenvalue weighted by atomic mass is 10.1. The maximum atomic E-state index is 13.1. The molecule has 148 valence electrons. The van der Waals surface area contributed by atoms with Gasteiger partial charge in [-0.25, -0.2) is 0 Å². The van der Waals surface area contributed by atoms with Crippen LogP contribution >= 0.6 is 0 Å². The molecule has 0 unspecified atom stereocenters. The Morgan fingerprint density at radius 2 is 1.85 bits per heavy atom. The monoisotopic (exact) mass is 373 g/mol. The molecular formula is C22H31NO4. The van der Waals surface area contributed by atoms with Gasteiger partial charge in [0.25, 0.3) is 5.56 Å². The highest BCUT2D eigenvalue weighted by Crippen LogP contribution is 2.35. The average Bonchev–Trinajstić information content (AvgIpc) is 2.66. The van der Waals surface area contributed by atoms with Crippen LogP contribution in [0.5, 0.6) is 17.2 Å². The Kier molecular flexibility index (Phi) is 8.24. The summed E-state index contributed by atoms with van der Waals surface area (Å²) >= 11 is 0. The topological polar surface area (TPSA) is 60.7 Å². The third-order valence-electron chi connectivity index (χ3n) is 4.49. The first-order valence-corrected chi connectivity index (χ1v) is 9.90. The van der Waals surface area contributed by atoms with Crippen LogP contribution in [0.2, 0.25) is 0 Å². The number of phenols is 1. The number of aromatic nitrogens is 1. The quantitative estimate of drug-likeness (QED) is 0.419. The fourth-order valence-electron chi connectivity index (χ4n) is 3.04. The summed E-state index contributed by atoms with van der Waals surface area (Å²) in [6.45, 7) is 9.24. The predicted molar refractivity (Wildman–Crippen MR) is 110 cm³/mol. The number of pyridine rings is 1. The molecule has 0 aliphatic rings. The normalized spacial score (nSPS) is 10.9. The fraction of sp³-hybridized carbons (Fsp3) is 0.500. The standard InChI is InChI=1S/C22H31NO4/c1-4-7-9-10-15-27-20-18-12-11-17(24)16-19(18)23(13-8-5-2)22(25)21(20)26-14-6-3/h6,11-12,16,24H,3-5,7-10,13-15H2,1-2H3. The van der Waals surface area contributed by atoms with Crippen molar-refractivity contribution in [2.24, 2.45) is 0 Å². The van der Waals surface area contributed by atoms with Crippen LogP contribution in [-0.2, 0) is 6.54 Å². The molecule has 27 heavy (non-hydrogen) atoms. The lowest BCUT2D eigenvalue weighted by Gasteiger charge is -2.18. The summed E-state index contributed by atoms with van der Waals surface area (Å²) in [5.41, 5.74) is 0.440. The second-order valence-corrected chi connectivity index (χ2v) is 6.68. The van der Waals surface area contributed by atoms with Crippen molar-refractivity contribution >= 4 is 10.9 Å². The second-order valence-electron chi connectivity index (χ2n) is 6.68. The van der Waals surface area contributed by atoms with Crippen molar-refractivity contribution < 1.29 is 14.6 Å². The first kappa shape index (κ1) is 20.9. The van der Waals surface area contributed by atoms with E-state index in [9.17, 15) is 9.90 Å². The molecule has 5 nitrogen and oxygen atoms in total. The maximum Gasteiger partial charge on any atom is 0.297 e. The van der Waals surface area contributed by atoms with E-state index >= 15 is 0 Å². The number of nitrogens with zero attached hydrogens (tertiary/aromatic N) is 1. The third-order valence-corrected chi connectivity index (χ3v) is 4.49. The van der Waals surface area contributed by atoms with Crippen molar-refractivity contribution in [3.05, 3.63) is 41.2 Å². The molecule has 0 saturated carbocycles. The Labute approximate surface area is 161 Å². The van der Waals surface area contributed by atoms with Gasteiger partial charge in [-0.1, -0.05) is 52.2 Å². The van der Waals surface area contributed by atoms with Crippen molar-refractivity contribution in [3.8, 4) is 17.2 Å². The van der Waals surface area contributed by atoms with E-state index in [1.807, 2.05) is 0 Å². The van der Waals surface area contributed by atoms with E-state index in [4.69, 9.17) is 9.47 Å². The van der Waals surface area contributed by atoms with Crippen LogP contribution in [0.15, 0.2) is 35.6 Å². The van der Waals surface area contributed by atoms with Gasteiger partial charge >= 0.3 is 0 Å². The minimum absolute atomic E-state index is 0.126. The summed E-state index contributed by atoms with van der Waals surface area (Å²) in [7, 11) is 0. The zero-order chi connectivity index (χ0) is 19.6. The first-order valence-electron chi connectivity index (χ1n) is 9.90. The number of hydrogen-bond acceptors (Lipinski definition) is 4. The van der Waals surface area contributed by atoms with E-state index in [0.29, 0.717) is 24.4 Å². The molecule has 0 aliphatic heterocycles. The summed E-state index contributed by atoms with van der Waals surface area (Å²) in [6, 6.07) is 5.01. The van der Waals surface area contributed by atoms with Gasteiger partial charge in [0.05, 0.1) is 12.1 Å². The summed E-state index contributed by atoms with van der Waals surface area (Å²) in [4.78, 5) is 13.1. The van der Waals surface area contributed by atoms with Crippen molar-refractivity contribution in [2.45, 2.75) is 58.9 Å². The summed E-state index contributed by atoms with van der Waals surface area (Å²) in [6.07, 6.45) is 7.77. The molecule has 1 aromatic heterocycles. The molecular weight excluding hydrogens is 342 g/mol. The number of aromatic hydroxyl groups is 1. The minimum Gasteiger partial charge on any atom is -0.508 e. The number of unbranched alkanes of at least 4 members (excludes halogenated alkanes) is 4. The van der Waals surface area contributed by atoms with E-state index in [1.54, 1.807) is 28.8 Å². The number of phenolic OH excluding ortho intramolecular Hbond substituents is 1. The molecule has 1 heterocycles. The van der Waals surface area contributed by atoms with E-state index < -0.39 is 0 Å². The number of hydrogen-bond donors (Lipinski definition) is 1. The summed E-state index contributed by atoms with van der Waals surface area (Å²) in [5.74, 6) is 0.807. The van der Waals surface area contributed by atoms with Gasteiger partial charge in [-0.3, -0.25) is 4.79 Å². The van der Waals surface area contributed by atoms with Gasteiger partial charge in [0, 0.05) is 18.0 Å². The first-order chi connectivity index (χ1) is 13.1.